The largest absolute Gasteiger partial charge is 0.358 e. The number of thiophene rings is 1. The van der Waals surface area contributed by atoms with E-state index in [0.29, 0.717) is 5.82 Å². The average Bonchev–Trinajstić information content (AvgIpc) is 2.90. The van der Waals surface area contributed by atoms with Crippen LogP contribution in [-0.2, 0) is 4.79 Å². The normalized spacial score (nSPS) is 19.8. The van der Waals surface area contributed by atoms with Crippen molar-refractivity contribution in [2.24, 2.45) is 0 Å². The standard InChI is InChI=1S/C11H11ClN4OS/c1-16-4-2-7(10(16)17)13-8-6-3-5-18-9(6)15-11(12)14-8/h3,5,7H,2,4H2,1H3,(H,13,14,15). The van der Waals surface area contributed by atoms with E-state index in [4.69, 9.17) is 11.6 Å². The van der Waals surface area contributed by atoms with Crippen LogP contribution in [-0.4, -0.2) is 40.4 Å². The molecule has 1 amide bonds. The van der Waals surface area contributed by atoms with Gasteiger partial charge in [0.2, 0.25) is 11.2 Å². The van der Waals surface area contributed by atoms with Gasteiger partial charge in [0, 0.05) is 13.6 Å². The number of rotatable bonds is 2. The Balaban J connectivity index is 1.95. The summed E-state index contributed by atoms with van der Waals surface area (Å²) in [6, 6.07) is 1.71. The molecule has 1 unspecified atom stereocenters. The Morgan fingerprint density at radius 3 is 3.11 bits per heavy atom. The van der Waals surface area contributed by atoms with Crippen molar-refractivity contribution >= 4 is 44.9 Å². The maximum Gasteiger partial charge on any atom is 0.244 e. The number of aromatic nitrogens is 2. The third kappa shape index (κ3) is 1.91. The van der Waals surface area contributed by atoms with Gasteiger partial charge in [0.25, 0.3) is 0 Å². The van der Waals surface area contributed by atoms with Gasteiger partial charge in [-0.25, -0.2) is 9.97 Å². The summed E-state index contributed by atoms with van der Waals surface area (Å²) >= 11 is 7.38. The van der Waals surface area contributed by atoms with Crippen molar-refractivity contribution < 1.29 is 4.79 Å². The van der Waals surface area contributed by atoms with Gasteiger partial charge in [-0.1, -0.05) is 0 Å². The number of nitrogens with zero attached hydrogens (tertiary/aromatic N) is 3. The lowest BCUT2D eigenvalue weighted by Gasteiger charge is -2.13. The maximum absolute atomic E-state index is 11.9. The first-order chi connectivity index (χ1) is 8.65. The lowest BCUT2D eigenvalue weighted by molar-refractivity contribution is -0.127. The fourth-order valence-electron chi connectivity index (χ4n) is 2.06. The first kappa shape index (κ1) is 11.7. The molecule has 1 aliphatic heterocycles. The number of hydrogen-bond donors (Lipinski definition) is 1. The summed E-state index contributed by atoms with van der Waals surface area (Å²) in [4.78, 5) is 22.7. The van der Waals surface area contributed by atoms with E-state index in [9.17, 15) is 4.79 Å². The molecule has 7 heteroatoms. The van der Waals surface area contributed by atoms with Gasteiger partial charge in [0.15, 0.2) is 0 Å². The molecule has 94 valence electrons. The van der Waals surface area contributed by atoms with Gasteiger partial charge in [0.05, 0.1) is 5.39 Å². The smallest absolute Gasteiger partial charge is 0.244 e. The van der Waals surface area contributed by atoms with Crippen LogP contribution in [0.4, 0.5) is 5.82 Å². The number of amides is 1. The molecule has 0 saturated carbocycles. The Labute approximate surface area is 113 Å². The molecule has 1 aliphatic rings. The summed E-state index contributed by atoms with van der Waals surface area (Å²) in [6.07, 6.45) is 0.780. The maximum atomic E-state index is 11.9. The minimum Gasteiger partial charge on any atom is -0.358 e. The SMILES string of the molecule is CN1CCC(Nc2nc(Cl)nc3sccc23)C1=O. The lowest BCUT2D eigenvalue weighted by Crippen LogP contribution is -2.31. The Kier molecular flexibility index (Phi) is 2.83. The minimum absolute atomic E-state index is 0.0908. The molecule has 1 N–H and O–H groups in total. The van der Waals surface area contributed by atoms with E-state index >= 15 is 0 Å². The van der Waals surface area contributed by atoms with Gasteiger partial charge in [-0.3, -0.25) is 4.79 Å². The van der Waals surface area contributed by atoms with Crippen LogP contribution in [0.3, 0.4) is 0 Å². The van der Waals surface area contributed by atoms with Crippen LogP contribution in [0.5, 0.6) is 0 Å². The number of fused-ring (bicyclic) bond motifs is 1. The monoisotopic (exact) mass is 282 g/mol. The lowest BCUT2D eigenvalue weighted by atomic mass is 10.2. The van der Waals surface area contributed by atoms with Crippen molar-refractivity contribution in [1.29, 1.82) is 0 Å². The molecule has 0 radical (unpaired) electrons. The molecular weight excluding hydrogens is 272 g/mol. The van der Waals surface area contributed by atoms with Crippen molar-refractivity contribution in [3.05, 3.63) is 16.7 Å². The molecule has 0 aromatic carbocycles. The van der Waals surface area contributed by atoms with Gasteiger partial charge >= 0.3 is 0 Å². The highest BCUT2D eigenvalue weighted by atomic mass is 35.5. The van der Waals surface area contributed by atoms with Crippen molar-refractivity contribution in [3.8, 4) is 0 Å². The summed E-state index contributed by atoms with van der Waals surface area (Å²) in [5.41, 5.74) is 0. The van der Waals surface area contributed by atoms with E-state index in [0.717, 1.165) is 23.2 Å². The zero-order valence-electron chi connectivity index (χ0n) is 9.68. The topological polar surface area (TPSA) is 58.1 Å². The van der Waals surface area contributed by atoms with E-state index in [-0.39, 0.29) is 17.2 Å². The van der Waals surface area contributed by atoms with E-state index in [1.165, 1.54) is 11.3 Å². The van der Waals surface area contributed by atoms with Gasteiger partial charge in [0.1, 0.15) is 16.7 Å². The second-order valence-electron chi connectivity index (χ2n) is 4.23. The predicted molar refractivity (Wildman–Crippen MR) is 72.1 cm³/mol. The van der Waals surface area contributed by atoms with Crippen LogP contribution in [0.25, 0.3) is 10.2 Å². The molecule has 0 spiro atoms. The van der Waals surface area contributed by atoms with Crippen molar-refractivity contribution in [2.45, 2.75) is 12.5 Å². The molecule has 2 aromatic heterocycles. The van der Waals surface area contributed by atoms with Crippen LogP contribution < -0.4 is 5.32 Å². The third-order valence-electron chi connectivity index (χ3n) is 3.04. The fraction of sp³-hybridized carbons (Fsp3) is 0.364. The molecule has 1 atom stereocenters. The number of likely N-dealkylation sites (tertiary alicyclic amines) is 1. The Morgan fingerprint density at radius 2 is 2.39 bits per heavy atom. The molecule has 18 heavy (non-hydrogen) atoms. The van der Waals surface area contributed by atoms with Crippen LogP contribution >= 0.6 is 22.9 Å². The molecular formula is C11H11ClN4OS. The summed E-state index contributed by atoms with van der Waals surface area (Å²) in [6.45, 7) is 0.766. The zero-order chi connectivity index (χ0) is 12.7. The predicted octanol–water partition coefficient (Wildman–Crippen LogP) is 1.99. The molecule has 0 bridgehead atoms. The number of nitrogens with one attached hydrogen (secondary N) is 1. The average molecular weight is 283 g/mol. The fourth-order valence-corrected chi connectivity index (χ4v) is 3.04. The van der Waals surface area contributed by atoms with Crippen LogP contribution in [0.1, 0.15) is 6.42 Å². The number of carbonyl (C=O) groups is 1. The Hall–Kier alpha value is -1.40. The second-order valence-corrected chi connectivity index (χ2v) is 5.46. The highest BCUT2D eigenvalue weighted by Gasteiger charge is 2.29. The van der Waals surface area contributed by atoms with Gasteiger partial charge in [-0.05, 0) is 29.5 Å². The molecule has 1 fully saturated rings. The second kappa shape index (κ2) is 4.37. The first-order valence-electron chi connectivity index (χ1n) is 5.57. The van der Waals surface area contributed by atoms with Gasteiger partial charge < -0.3 is 10.2 Å². The van der Waals surface area contributed by atoms with Crippen molar-refractivity contribution in [1.82, 2.24) is 14.9 Å². The van der Waals surface area contributed by atoms with Crippen molar-refractivity contribution in [3.63, 3.8) is 0 Å². The molecule has 2 aromatic rings. The summed E-state index contributed by atoms with van der Waals surface area (Å²) in [7, 11) is 1.80. The van der Waals surface area contributed by atoms with E-state index in [2.05, 4.69) is 15.3 Å². The highest BCUT2D eigenvalue weighted by Crippen LogP contribution is 2.27. The summed E-state index contributed by atoms with van der Waals surface area (Å²) < 4.78 is 0. The first-order valence-corrected chi connectivity index (χ1v) is 6.83. The number of carbonyl (C=O) groups excluding carboxylic acids is 1. The quantitative estimate of drug-likeness (QED) is 0.856. The van der Waals surface area contributed by atoms with Crippen LogP contribution in [0.15, 0.2) is 11.4 Å². The highest BCUT2D eigenvalue weighted by molar-refractivity contribution is 7.16. The summed E-state index contributed by atoms with van der Waals surface area (Å²) in [5.74, 6) is 0.730. The van der Waals surface area contributed by atoms with E-state index in [1.54, 1.807) is 11.9 Å². The number of hydrogen-bond acceptors (Lipinski definition) is 5. The van der Waals surface area contributed by atoms with E-state index in [1.807, 2.05) is 11.4 Å². The summed E-state index contributed by atoms with van der Waals surface area (Å²) in [5, 5.41) is 6.21. The molecule has 3 heterocycles. The number of likely N-dealkylation sites (N-methyl/N-ethyl adjacent to an activating group) is 1. The number of anilines is 1. The third-order valence-corrected chi connectivity index (χ3v) is 4.01. The van der Waals surface area contributed by atoms with Gasteiger partial charge in [-0.15, -0.1) is 11.3 Å². The zero-order valence-corrected chi connectivity index (χ0v) is 11.3. The molecule has 0 aliphatic carbocycles. The van der Waals surface area contributed by atoms with Crippen LogP contribution in [0.2, 0.25) is 5.28 Å². The van der Waals surface area contributed by atoms with Crippen LogP contribution in [0, 0.1) is 0 Å². The number of halogens is 1. The van der Waals surface area contributed by atoms with Crippen molar-refractivity contribution in [2.75, 3.05) is 18.9 Å². The molecule has 3 rings (SSSR count). The molecule has 1 saturated heterocycles. The van der Waals surface area contributed by atoms with E-state index < -0.39 is 0 Å². The Morgan fingerprint density at radius 1 is 1.56 bits per heavy atom. The minimum atomic E-state index is -0.218. The Bertz CT molecular complexity index is 614. The molecule has 5 nitrogen and oxygen atoms in total. The van der Waals surface area contributed by atoms with Gasteiger partial charge in [-0.2, -0.15) is 0 Å².